The van der Waals surface area contributed by atoms with Crippen LogP contribution in [-0.2, 0) is 24.1 Å². The van der Waals surface area contributed by atoms with Crippen LogP contribution in [0, 0.1) is 5.92 Å². The van der Waals surface area contributed by atoms with Crippen LogP contribution in [0.3, 0.4) is 0 Å². The van der Waals surface area contributed by atoms with E-state index in [4.69, 9.17) is 4.99 Å². The molecule has 2 aromatic rings. The number of carbonyl (C=O) groups excluding carboxylic acids is 1. The molecular weight excluding hydrogens is 394 g/mol. The first-order valence-corrected chi connectivity index (χ1v) is 11.8. The lowest BCUT2D eigenvalue weighted by Crippen LogP contribution is -2.38. The van der Waals surface area contributed by atoms with Gasteiger partial charge in [-0.1, -0.05) is 37.3 Å². The number of rotatable bonds is 10. The van der Waals surface area contributed by atoms with E-state index in [1.807, 2.05) is 23.1 Å². The summed E-state index contributed by atoms with van der Waals surface area (Å²) in [5, 5.41) is 10.0. The Hall–Kier alpha value is -2.41. The molecule has 162 valence electrons. The summed E-state index contributed by atoms with van der Waals surface area (Å²) < 4.78 is 0. The van der Waals surface area contributed by atoms with E-state index < -0.39 is 0 Å². The Balaban J connectivity index is 1.43. The molecule has 1 saturated heterocycles. The van der Waals surface area contributed by atoms with Crippen LogP contribution < -0.4 is 10.6 Å². The number of benzene rings is 1. The summed E-state index contributed by atoms with van der Waals surface area (Å²) in [6.07, 6.45) is 3.38. The van der Waals surface area contributed by atoms with Gasteiger partial charge in [0.15, 0.2) is 5.96 Å². The molecule has 0 bridgehead atoms. The van der Waals surface area contributed by atoms with Gasteiger partial charge in [-0.25, -0.2) is 4.98 Å². The molecule has 1 unspecified atom stereocenters. The van der Waals surface area contributed by atoms with E-state index in [1.165, 1.54) is 10.6 Å². The number of nitrogens with zero attached hydrogens (tertiary/aromatic N) is 3. The van der Waals surface area contributed by atoms with Crippen molar-refractivity contribution in [3.63, 3.8) is 0 Å². The van der Waals surface area contributed by atoms with Crippen LogP contribution in [0.25, 0.3) is 0 Å². The highest BCUT2D eigenvalue weighted by Gasteiger charge is 2.28. The number of aromatic nitrogens is 1. The van der Waals surface area contributed by atoms with Crippen LogP contribution in [0.4, 0.5) is 0 Å². The molecule has 1 aromatic heterocycles. The molecule has 7 heteroatoms. The van der Waals surface area contributed by atoms with Gasteiger partial charge in [0.1, 0.15) is 0 Å². The quantitative estimate of drug-likeness (QED) is 0.452. The highest BCUT2D eigenvalue weighted by Crippen LogP contribution is 2.18. The first kappa shape index (κ1) is 22.3. The third-order valence-electron chi connectivity index (χ3n) is 5.23. The molecule has 1 fully saturated rings. The Morgan fingerprint density at radius 3 is 2.80 bits per heavy atom. The highest BCUT2D eigenvalue weighted by atomic mass is 32.1. The van der Waals surface area contributed by atoms with Gasteiger partial charge in [-0.15, -0.1) is 11.3 Å². The zero-order valence-electron chi connectivity index (χ0n) is 18.1. The molecule has 1 aromatic carbocycles. The van der Waals surface area contributed by atoms with Crippen molar-refractivity contribution in [3.05, 3.63) is 52.0 Å². The van der Waals surface area contributed by atoms with Gasteiger partial charge in [-0.2, -0.15) is 0 Å². The van der Waals surface area contributed by atoms with Crippen molar-refractivity contribution in [1.29, 1.82) is 0 Å². The fourth-order valence-electron chi connectivity index (χ4n) is 3.60. The van der Waals surface area contributed by atoms with Crippen molar-refractivity contribution in [2.24, 2.45) is 10.9 Å². The van der Waals surface area contributed by atoms with Crippen LogP contribution in [0.2, 0.25) is 0 Å². The minimum Gasteiger partial charge on any atom is -0.357 e. The molecule has 2 heterocycles. The van der Waals surface area contributed by atoms with E-state index in [0.29, 0.717) is 13.0 Å². The van der Waals surface area contributed by atoms with Crippen LogP contribution in [0.15, 0.2) is 40.7 Å². The molecule has 1 amide bonds. The minimum atomic E-state index is 0.249. The molecule has 0 saturated carbocycles. The van der Waals surface area contributed by atoms with Gasteiger partial charge in [0.2, 0.25) is 5.91 Å². The zero-order chi connectivity index (χ0) is 21.2. The van der Waals surface area contributed by atoms with E-state index in [2.05, 4.69) is 47.0 Å². The Morgan fingerprint density at radius 1 is 1.23 bits per heavy atom. The van der Waals surface area contributed by atoms with Crippen molar-refractivity contribution in [2.75, 3.05) is 32.7 Å². The van der Waals surface area contributed by atoms with Crippen LogP contribution >= 0.6 is 11.3 Å². The Kier molecular flexibility index (Phi) is 8.68. The molecule has 30 heavy (non-hydrogen) atoms. The molecule has 1 atom stereocenters. The van der Waals surface area contributed by atoms with Gasteiger partial charge >= 0.3 is 0 Å². The average molecular weight is 428 g/mol. The summed E-state index contributed by atoms with van der Waals surface area (Å²) in [6, 6.07) is 10.3. The molecule has 0 radical (unpaired) electrons. The van der Waals surface area contributed by atoms with E-state index in [1.54, 1.807) is 11.3 Å². The van der Waals surface area contributed by atoms with Crippen LogP contribution in [0.1, 0.15) is 36.5 Å². The summed E-state index contributed by atoms with van der Waals surface area (Å²) >= 11 is 1.73. The maximum Gasteiger partial charge on any atom is 0.223 e. The first-order chi connectivity index (χ1) is 14.7. The second-order valence-electron chi connectivity index (χ2n) is 7.63. The number of carbonyl (C=O) groups is 1. The van der Waals surface area contributed by atoms with Gasteiger partial charge in [0.05, 0.1) is 10.7 Å². The number of aliphatic imine (C=N–C) groups is 1. The van der Waals surface area contributed by atoms with Gasteiger partial charge in [0.25, 0.3) is 0 Å². The molecule has 6 nitrogen and oxygen atoms in total. The molecule has 0 spiro atoms. The SMILES string of the molecule is CCNC(=NCC1CC(=O)N(CCc2ccccc2)C1)NCCc1csc(CC)n1. The fourth-order valence-corrected chi connectivity index (χ4v) is 4.38. The third-order valence-corrected chi connectivity index (χ3v) is 6.28. The number of hydrogen-bond donors (Lipinski definition) is 2. The summed E-state index contributed by atoms with van der Waals surface area (Å²) in [5.41, 5.74) is 2.41. The summed E-state index contributed by atoms with van der Waals surface area (Å²) in [6.45, 7) is 8.06. The van der Waals surface area contributed by atoms with Crippen molar-refractivity contribution in [3.8, 4) is 0 Å². The van der Waals surface area contributed by atoms with Gasteiger partial charge in [0, 0.05) is 56.9 Å². The Morgan fingerprint density at radius 2 is 2.07 bits per heavy atom. The molecule has 0 aliphatic carbocycles. The topological polar surface area (TPSA) is 69.6 Å². The predicted octanol–water partition coefficient (Wildman–Crippen LogP) is 2.89. The number of thiazole rings is 1. The van der Waals surface area contributed by atoms with Gasteiger partial charge in [-0.05, 0) is 25.3 Å². The lowest BCUT2D eigenvalue weighted by Gasteiger charge is -2.16. The minimum absolute atomic E-state index is 0.249. The fraction of sp³-hybridized carbons (Fsp3) is 0.522. The van der Waals surface area contributed by atoms with Crippen molar-refractivity contribution in [1.82, 2.24) is 20.5 Å². The normalized spacial score (nSPS) is 16.9. The number of guanidine groups is 1. The second-order valence-corrected chi connectivity index (χ2v) is 8.57. The third kappa shape index (κ3) is 6.83. The van der Waals surface area contributed by atoms with E-state index in [-0.39, 0.29) is 11.8 Å². The van der Waals surface area contributed by atoms with E-state index in [0.717, 1.165) is 57.1 Å². The van der Waals surface area contributed by atoms with E-state index in [9.17, 15) is 4.79 Å². The largest absolute Gasteiger partial charge is 0.357 e. The molecule has 3 rings (SSSR count). The number of amides is 1. The molecule has 1 aliphatic heterocycles. The average Bonchev–Trinajstić information content (AvgIpc) is 3.37. The number of nitrogens with one attached hydrogen (secondary N) is 2. The molecule has 2 N–H and O–H groups in total. The number of likely N-dealkylation sites (tertiary alicyclic amines) is 1. The van der Waals surface area contributed by atoms with Crippen molar-refractivity contribution >= 4 is 23.2 Å². The lowest BCUT2D eigenvalue weighted by molar-refractivity contribution is -0.127. The predicted molar refractivity (Wildman–Crippen MR) is 124 cm³/mol. The monoisotopic (exact) mass is 427 g/mol. The van der Waals surface area contributed by atoms with E-state index >= 15 is 0 Å². The van der Waals surface area contributed by atoms with Crippen LogP contribution in [-0.4, -0.2) is 54.5 Å². The summed E-state index contributed by atoms with van der Waals surface area (Å²) in [4.78, 5) is 23.7. The highest BCUT2D eigenvalue weighted by molar-refractivity contribution is 7.09. The summed E-state index contributed by atoms with van der Waals surface area (Å²) in [5.74, 6) is 1.35. The number of hydrogen-bond acceptors (Lipinski definition) is 4. The van der Waals surface area contributed by atoms with Crippen molar-refractivity contribution < 1.29 is 4.79 Å². The maximum atomic E-state index is 12.4. The van der Waals surface area contributed by atoms with Gasteiger partial charge in [-0.3, -0.25) is 9.79 Å². The first-order valence-electron chi connectivity index (χ1n) is 10.9. The van der Waals surface area contributed by atoms with Crippen LogP contribution in [0.5, 0.6) is 0 Å². The van der Waals surface area contributed by atoms with Crippen molar-refractivity contribution in [2.45, 2.75) is 39.5 Å². The Labute approximate surface area is 183 Å². The zero-order valence-corrected chi connectivity index (χ0v) is 18.9. The second kappa shape index (κ2) is 11.7. The maximum absolute atomic E-state index is 12.4. The Bertz CT molecular complexity index is 820. The smallest absolute Gasteiger partial charge is 0.223 e. The number of aryl methyl sites for hydroxylation is 1. The lowest BCUT2D eigenvalue weighted by atomic mass is 10.1. The van der Waals surface area contributed by atoms with Gasteiger partial charge < -0.3 is 15.5 Å². The molecule has 1 aliphatic rings. The summed E-state index contributed by atoms with van der Waals surface area (Å²) in [7, 11) is 0. The standard InChI is InChI=1S/C23H33N5OS/c1-3-21-27-20(17-30-21)10-12-25-23(24-4-2)26-15-19-14-22(29)28(16-19)13-11-18-8-6-5-7-9-18/h5-9,17,19H,3-4,10-16H2,1-2H3,(H2,24,25,26). The molecular formula is C23H33N5OS.